The number of carbonyl (C=O) groups is 1. The van der Waals surface area contributed by atoms with Crippen LogP contribution in [-0.4, -0.2) is 43.6 Å². The fourth-order valence-corrected chi connectivity index (χ4v) is 3.26. The minimum Gasteiger partial charge on any atom is -0.488 e. The van der Waals surface area contributed by atoms with E-state index in [0.717, 1.165) is 32.6 Å². The van der Waals surface area contributed by atoms with Crippen LogP contribution in [0.3, 0.4) is 0 Å². The zero-order valence-corrected chi connectivity index (χ0v) is 14.3. The normalized spacial score (nSPS) is 18.7. The number of hydrogen-bond acceptors (Lipinski definition) is 3. The molecule has 23 heavy (non-hydrogen) atoms. The van der Waals surface area contributed by atoms with E-state index in [-0.39, 0.29) is 11.3 Å². The third-order valence-electron chi connectivity index (χ3n) is 4.54. The van der Waals surface area contributed by atoms with E-state index >= 15 is 0 Å². The van der Waals surface area contributed by atoms with Crippen LogP contribution >= 0.6 is 0 Å². The lowest BCUT2D eigenvalue weighted by atomic mass is 9.85. The van der Waals surface area contributed by atoms with Crippen molar-refractivity contribution in [3.05, 3.63) is 41.7 Å². The summed E-state index contributed by atoms with van der Waals surface area (Å²) in [6.07, 6.45) is 2.75. The van der Waals surface area contributed by atoms with Crippen molar-refractivity contribution in [2.24, 2.45) is 0 Å². The predicted octanol–water partition coefficient (Wildman–Crippen LogP) is 2.94. The van der Waals surface area contributed by atoms with Crippen molar-refractivity contribution < 1.29 is 9.53 Å². The Labute approximate surface area is 138 Å². The number of amides is 1. The third kappa shape index (κ3) is 3.36. The summed E-state index contributed by atoms with van der Waals surface area (Å²) in [4.78, 5) is 16.7. The van der Waals surface area contributed by atoms with Crippen LogP contribution in [0.2, 0.25) is 0 Å². The smallest absolute Gasteiger partial charge is 0.288 e. The zero-order chi connectivity index (χ0) is 16.4. The molecule has 1 fully saturated rings. The highest BCUT2D eigenvalue weighted by Crippen LogP contribution is 2.32. The van der Waals surface area contributed by atoms with Gasteiger partial charge < -0.3 is 14.5 Å². The summed E-state index contributed by atoms with van der Waals surface area (Å²) in [5.41, 5.74) is 2.77. The Morgan fingerprint density at radius 1 is 1.09 bits per heavy atom. The minimum atomic E-state index is 0.0475. The fraction of sp³-hybridized carbons (Fsp3) is 0.526. The van der Waals surface area contributed by atoms with Gasteiger partial charge in [-0.1, -0.05) is 39.0 Å². The summed E-state index contributed by atoms with van der Waals surface area (Å²) in [5, 5.41) is 0. The number of ether oxygens (including phenoxy) is 1. The second-order valence-corrected chi connectivity index (χ2v) is 7.25. The lowest BCUT2D eigenvalue weighted by Crippen LogP contribution is -2.49. The Morgan fingerprint density at radius 3 is 2.39 bits per heavy atom. The van der Waals surface area contributed by atoms with Crippen molar-refractivity contribution in [2.45, 2.75) is 32.6 Å². The van der Waals surface area contributed by atoms with Crippen LogP contribution in [0.5, 0.6) is 0 Å². The highest BCUT2D eigenvalue weighted by molar-refractivity contribution is 5.92. The number of nitrogens with zero attached hydrogens (tertiary/aromatic N) is 2. The monoisotopic (exact) mass is 314 g/mol. The van der Waals surface area contributed by atoms with E-state index in [9.17, 15) is 4.79 Å². The Bertz CT molecular complexity index is 608. The number of hydrogen-bond donors (Lipinski definition) is 0. The van der Waals surface area contributed by atoms with Gasteiger partial charge in [0, 0.05) is 38.3 Å². The highest BCUT2D eigenvalue weighted by Gasteiger charge is 2.28. The number of rotatable bonds is 2. The standard InChI is InChI=1S/C19H26N2O2/c1-19(2,3)15-7-4-5-8-16(15)20-10-12-21(13-11-20)18(22)17-9-6-14-23-17/h4-5,7-9H,6,10-14H2,1-3H3. The molecular weight excluding hydrogens is 288 g/mol. The number of para-hydroxylation sites is 1. The molecule has 1 saturated heterocycles. The molecule has 0 radical (unpaired) electrons. The van der Waals surface area contributed by atoms with Crippen LogP contribution < -0.4 is 4.90 Å². The number of anilines is 1. The molecule has 0 aliphatic carbocycles. The van der Waals surface area contributed by atoms with Gasteiger partial charge in [-0.15, -0.1) is 0 Å². The van der Waals surface area contributed by atoms with E-state index in [2.05, 4.69) is 49.9 Å². The summed E-state index contributed by atoms with van der Waals surface area (Å²) in [5.74, 6) is 0.583. The first kappa shape index (κ1) is 15.9. The molecule has 2 aliphatic rings. The van der Waals surface area contributed by atoms with Gasteiger partial charge in [-0.2, -0.15) is 0 Å². The Morgan fingerprint density at radius 2 is 1.78 bits per heavy atom. The summed E-state index contributed by atoms with van der Waals surface area (Å²) in [6, 6.07) is 8.61. The minimum absolute atomic E-state index is 0.0475. The van der Waals surface area contributed by atoms with Gasteiger partial charge in [0.05, 0.1) is 6.61 Å². The van der Waals surface area contributed by atoms with Gasteiger partial charge in [0.2, 0.25) is 0 Å². The maximum absolute atomic E-state index is 12.4. The molecule has 0 N–H and O–H groups in total. The van der Waals surface area contributed by atoms with Crippen molar-refractivity contribution in [3.63, 3.8) is 0 Å². The fourth-order valence-electron chi connectivity index (χ4n) is 3.26. The molecule has 3 rings (SSSR count). The van der Waals surface area contributed by atoms with Gasteiger partial charge >= 0.3 is 0 Å². The first-order valence-corrected chi connectivity index (χ1v) is 8.43. The van der Waals surface area contributed by atoms with Crippen LogP contribution in [0.4, 0.5) is 5.69 Å². The molecule has 0 bridgehead atoms. The van der Waals surface area contributed by atoms with Gasteiger partial charge in [-0.25, -0.2) is 0 Å². The van der Waals surface area contributed by atoms with Crippen molar-refractivity contribution in [3.8, 4) is 0 Å². The van der Waals surface area contributed by atoms with E-state index in [0.29, 0.717) is 12.4 Å². The van der Waals surface area contributed by atoms with Gasteiger partial charge in [0.25, 0.3) is 5.91 Å². The average Bonchev–Trinajstić information content (AvgIpc) is 3.08. The third-order valence-corrected chi connectivity index (χ3v) is 4.54. The van der Waals surface area contributed by atoms with E-state index in [1.807, 2.05) is 11.0 Å². The number of piperazine rings is 1. The van der Waals surface area contributed by atoms with Gasteiger partial charge in [0.15, 0.2) is 5.76 Å². The molecule has 0 aromatic heterocycles. The molecule has 0 spiro atoms. The number of benzene rings is 1. The molecule has 0 atom stereocenters. The summed E-state index contributed by atoms with van der Waals surface area (Å²) in [7, 11) is 0. The van der Waals surface area contributed by atoms with E-state index in [1.54, 1.807) is 0 Å². The molecule has 2 heterocycles. The molecule has 0 unspecified atom stereocenters. The predicted molar refractivity (Wildman–Crippen MR) is 92.6 cm³/mol. The Hall–Kier alpha value is -1.97. The second kappa shape index (κ2) is 6.26. The quantitative estimate of drug-likeness (QED) is 0.841. The molecule has 4 nitrogen and oxygen atoms in total. The maximum atomic E-state index is 12.4. The SMILES string of the molecule is CC(C)(C)c1ccccc1N1CCN(C(=O)C2=CCCO2)CC1. The van der Waals surface area contributed by atoms with Gasteiger partial charge in [-0.05, 0) is 23.1 Å². The molecule has 1 aromatic carbocycles. The largest absolute Gasteiger partial charge is 0.488 e. The van der Waals surface area contributed by atoms with E-state index in [4.69, 9.17) is 4.74 Å². The number of carbonyl (C=O) groups excluding carboxylic acids is 1. The van der Waals surface area contributed by atoms with Crippen LogP contribution in [-0.2, 0) is 14.9 Å². The van der Waals surface area contributed by atoms with Crippen LogP contribution in [0.1, 0.15) is 32.8 Å². The molecule has 124 valence electrons. The van der Waals surface area contributed by atoms with E-state index in [1.165, 1.54) is 11.3 Å². The molecule has 0 saturated carbocycles. The topological polar surface area (TPSA) is 32.8 Å². The maximum Gasteiger partial charge on any atom is 0.288 e. The second-order valence-electron chi connectivity index (χ2n) is 7.25. The van der Waals surface area contributed by atoms with Crippen LogP contribution in [0.15, 0.2) is 36.1 Å². The van der Waals surface area contributed by atoms with E-state index < -0.39 is 0 Å². The highest BCUT2D eigenvalue weighted by atomic mass is 16.5. The molecule has 1 aromatic rings. The molecule has 2 aliphatic heterocycles. The lowest BCUT2D eigenvalue weighted by Gasteiger charge is -2.38. The molecule has 4 heteroatoms. The summed E-state index contributed by atoms with van der Waals surface area (Å²) < 4.78 is 5.40. The first-order valence-electron chi connectivity index (χ1n) is 8.43. The van der Waals surface area contributed by atoms with Crippen LogP contribution in [0.25, 0.3) is 0 Å². The van der Waals surface area contributed by atoms with Crippen molar-refractivity contribution >= 4 is 11.6 Å². The summed E-state index contributed by atoms with van der Waals surface area (Å²) >= 11 is 0. The zero-order valence-electron chi connectivity index (χ0n) is 14.3. The molecular formula is C19H26N2O2. The average molecular weight is 314 g/mol. The first-order chi connectivity index (χ1) is 11.0. The van der Waals surface area contributed by atoms with Gasteiger partial charge in [0.1, 0.15) is 0 Å². The van der Waals surface area contributed by atoms with Crippen molar-refractivity contribution in [2.75, 3.05) is 37.7 Å². The summed E-state index contributed by atoms with van der Waals surface area (Å²) in [6.45, 7) is 10.6. The Balaban J connectivity index is 1.69. The van der Waals surface area contributed by atoms with Gasteiger partial charge in [-0.3, -0.25) is 4.79 Å². The van der Waals surface area contributed by atoms with Crippen molar-refractivity contribution in [1.29, 1.82) is 0 Å². The van der Waals surface area contributed by atoms with Crippen LogP contribution in [0, 0.1) is 0 Å². The molecule has 1 amide bonds. The Kier molecular flexibility index (Phi) is 4.33. The van der Waals surface area contributed by atoms with Crippen molar-refractivity contribution in [1.82, 2.24) is 4.90 Å². The lowest BCUT2D eigenvalue weighted by molar-refractivity contribution is -0.130.